The predicted molar refractivity (Wildman–Crippen MR) is 48.1 cm³/mol. The summed E-state index contributed by atoms with van der Waals surface area (Å²) in [5.74, 6) is 1.01. The Bertz CT molecular complexity index is 292. The summed E-state index contributed by atoms with van der Waals surface area (Å²) < 4.78 is 1.57. The predicted octanol–water partition coefficient (Wildman–Crippen LogP) is 1.50. The van der Waals surface area contributed by atoms with Gasteiger partial charge in [-0.2, -0.15) is 0 Å². The highest BCUT2D eigenvalue weighted by atomic mass is 32.2. The van der Waals surface area contributed by atoms with E-state index >= 15 is 0 Å². The zero-order valence-corrected chi connectivity index (χ0v) is 7.52. The van der Waals surface area contributed by atoms with Crippen molar-refractivity contribution in [3.05, 3.63) is 28.7 Å². The molecule has 0 fully saturated rings. The van der Waals surface area contributed by atoms with Crippen LogP contribution in [0.15, 0.2) is 28.0 Å². The van der Waals surface area contributed by atoms with E-state index in [1.54, 1.807) is 35.6 Å². The Balaban J connectivity index is 2.96. The van der Waals surface area contributed by atoms with Gasteiger partial charge in [0.05, 0.1) is 0 Å². The number of thioether (sulfide) groups is 1. The number of hydrogen-bond donors (Lipinski definition) is 0. The first-order valence-corrected chi connectivity index (χ1v) is 4.52. The minimum atomic E-state index is 0.0588. The van der Waals surface area contributed by atoms with Crippen molar-refractivity contribution >= 4 is 11.8 Å². The zero-order chi connectivity index (χ0) is 8.27. The maximum Gasteiger partial charge on any atom is 0.251 e. The van der Waals surface area contributed by atoms with Crippen LogP contribution < -0.4 is 5.56 Å². The second kappa shape index (κ2) is 3.62. The summed E-state index contributed by atoms with van der Waals surface area (Å²) in [7, 11) is 1.75. The van der Waals surface area contributed by atoms with Crippen LogP contribution in [0.5, 0.6) is 0 Å². The molecule has 0 aliphatic heterocycles. The van der Waals surface area contributed by atoms with Crippen molar-refractivity contribution in [2.24, 2.45) is 7.05 Å². The van der Waals surface area contributed by atoms with E-state index < -0.39 is 0 Å². The Morgan fingerprint density at radius 3 is 2.91 bits per heavy atom. The summed E-state index contributed by atoms with van der Waals surface area (Å²) in [4.78, 5) is 12.1. The van der Waals surface area contributed by atoms with Gasteiger partial charge in [-0.15, -0.1) is 11.8 Å². The first-order valence-electron chi connectivity index (χ1n) is 3.53. The topological polar surface area (TPSA) is 22.0 Å². The molecule has 1 heterocycles. The van der Waals surface area contributed by atoms with Crippen LogP contribution in [0.3, 0.4) is 0 Å². The van der Waals surface area contributed by atoms with E-state index in [1.807, 2.05) is 6.07 Å². The Morgan fingerprint density at radius 1 is 1.64 bits per heavy atom. The van der Waals surface area contributed by atoms with Crippen molar-refractivity contribution in [1.29, 1.82) is 0 Å². The number of aryl methyl sites for hydroxylation is 1. The lowest BCUT2D eigenvalue weighted by molar-refractivity contribution is 0.850. The molecule has 1 aromatic rings. The molecule has 0 aliphatic rings. The number of hydrogen-bond acceptors (Lipinski definition) is 2. The normalized spacial score (nSPS) is 10.0. The molecule has 0 atom stereocenters. The second-order valence-electron chi connectivity index (χ2n) is 2.24. The first-order chi connectivity index (χ1) is 5.24. The summed E-state index contributed by atoms with van der Waals surface area (Å²) in [5.41, 5.74) is 0.0588. The maximum absolute atomic E-state index is 11.1. The molecular weight excluding hydrogens is 158 g/mol. The lowest BCUT2D eigenvalue weighted by atomic mass is 10.5. The molecule has 60 valence electrons. The first kappa shape index (κ1) is 8.40. The molecule has 0 N–H and O–H groups in total. The highest BCUT2D eigenvalue weighted by molar-refractivity contribution is 7.99. The number of pyridine rings is 1. The molecule has 0 amide bonds. The molecule has 1 aromatic heterocycles. The third-order valence-electron chi connectivity index (χ3n) is 1.39. The molecule has 0 saturated heterocycles. The van der Waals surface area contributed by atoms with Gasteiger partial charge >= 0.3 is 0 Å². The number of rotatable bonds is 2. The van der Waals surface area contributed by atoms with E-state index in [1.165, 1.54) is 0 Å². The summed E-state index contributed by atoms with van der Waals surface area (Å²) in [6, 6.07) is 3.61. The molecule has 0 bridgehead atoms. The SMILES string of the molecule is CCSc1ccn(C)c(=O)c1. The quantitative estimate of drug-likeness (QED) is 0.626. The van der Waals surface area contributed by atoms with Crippen molar-refractivity contribution in [2.75, 3.05) is 5.75 Å². The zero-order valence-electron chi connectivity index (χ0n) is 6.70. The molecule has 3 heteroatoms. The van der Waals surface area contributed by atoms with Crippen molar-refractivity contribution < 1.29 is 0 Å². The standard InChI is InChI=1S/C8H11NOS/c1-3-11-7-4-5-9(2)8(10)6-7/h4-6H,3H2,1-2H3. The minimum Gasteiger partial charge on any atom is -0.319 e. The summed E-state index contributed by atoms with van der Waals surface area (Å²) in [5, 5.41) is 0. The van der Waals surface area contributed by atoms with E-state index in [-0.39, 0.29) is 5.56 Å². The van der Waals surface area contributed by atoms with Gasteiger partial charge in [-0.05, 0) is 11.8 Å². The average molecular weight is 169 g/mol. The van der Waals surface area contributed by atoms with Gasteiger partial charge in [0.15, 0.2) is 0 Å². The average Bonchev–Trinajstić information content (AvgIpc) is 1.98. The Hall–Kier alpha value is -0.700. The van der Waals surface area contributed by atoms with Crippen LogP contribution in [-0.2, 0) is 7.05 Å². The fourth-order valence-electron chi connectivity index (χ4n) is 0.787. The largest absolute Gasteiger partial charge is 0.319 e. The molecule has 0 unspecified atom stereocenters. The second-order valence-corrected chi connectivity index (χ2v) is 3.58. The summed E-state index contributed by atoms with van der Waals surface area (Å²) in [6.45, 7) is 2.07. The highest BCUT2D eigenvalue weighted by Gasteiger charge is 1.93. The molecule has 0 radical (unpaired) electrons. The van der Waals surface area contributed by atoms with Gasteiger partial charge in [0, 0.05) is 24.2 Å². The lowest BCUT2D eigenvalue weighted by Gasteiger charge is -1.98. The van der Waals surface area contributed by atoms with E-state index in [4.69, 9.17) is 0 Å². The van der Waals surface area contributed by atoms with Gasteiger partial charge in [-0.25, -0.2) is 0 Å². The van der Waals surface area contributed by atoms with Gasteiger partial charge in [0.25, 0.3) is 5.56 Å². The van der Waals surface area contributed by atoms with Crippen LogP contribution in [0.1, 0.15) is 6.92 Å². The maximum atomic E-state index is 11.1. The van der Waals surface area contributed by atoms with E-state index in [0.717, 1.165) is 10.6 Å². The van der Waals surface area contributed by atoms with Gasteiger partial charge in [-0.3, -0.25) is 4.79 Å². The van der Waals surface area contributed by atoms with E-state index in [9.17, 15) is 4.79 Å². The van der Waals surface area contributed by atoms with Gasteiger partial charge in [0.2, 0.25) is 0 Å². The van der Waals surface area contributed by atoms with Crippen LogP contribution in [0, 0.1) is 0 Å². The van der Waals surface area contributed by atoms with Gasteiger partial charge in [0.1, 0.15) is 0 Å². The Labute approximate surface area is 70.2 Å². The fourth-order valence-corrected chi connectivity index (χ4v) is 1.46. The number of nitrogens with zero attached hydrogens (tertiary/aromatic N) is 1. The van der Waals surface area contributed by atoms with Crippen molar-refractivity contribution in [1.82, 2.24) is 4.57 Å². The molecule has 1 rings (SSSR count). The third-order valence-corrected chi connectivity index (χ3v) is 2.26. The molecule has 0 aromatic carbocycles. The van der Waals surface area contributed by atoms with Crippen LogP contribution in [-0.4, -0.2) is 10.3 Å². The van der Waals surface area contributed by atoms with Gasteiger partial charge in [-0.1, -0.05) is 6.92 Å². The molecule has 0 spiro atoms. The van der Waals surface area contributed by atoms with Crippen LogP contribution in [0.2, 0.25) is 0 Å². The van der Waals surface area contributed by atoms with Crippen molar-refractivity contribution in [3.8, 4) is 0 Å². The highest BCUT2D eigenvalue weighted by Crippen LogP contribution is 2.13. The molecule has 2 nitrogen and oxygen atoms in total. The van der Waals surface area contributed by atoms with Crippen molar-refractivity contribution in [3.63, 3.8) is 0 Å². The van der Waals surface area contributed by atoms with Gasteiger partial charge < -0.3 is 4.57 Å². The molecular formula is C8H11NOS. The smallest absolute Gasteiger partial charge is 0.251 e. The van der Waals surface area contributed by atoms with Crippen molar-refractivity contribution in [2.45, 2.75) is 11.8 Å². The molecule has 0 aliphatic carbocycles. The monoisotopic (exact) mass is 169 g/mol. The fraction of sp³-hybridized carbons (Fsp3) is 0.375. The minimum absolute atomic E-state index is 0.0588. The third kappa shape index (κ3) is 2.12. The van der Waals surface area contributed by atoms with E-state index in [0.29, 0.717) is 0 Å². The van der Waals surface area contributed by atoms with Crippen LogP contribution in [0.25, 0.3) is 0 Å². The van der Waals surface area contributed by atoms with Crippen LogP contribution >= 0.6 is 11.8 Å². The summed E-state index contributed by atoms with van der Waals surface area (Å²) in [6.07, 6.45) is 1.79. The molecule has 11 heavy (non-hydrogen) atoms. The Morgan fingerprint density at radius 2 is 2.36 bits per heavy atom. The van der Waals surface area contributed by atoms with Crippen LogP contribution in [0.4, 0.5) is 0 Å². The number of aromatic nitrogens is 1. The molecule has 0 saturated carbocycles. The Kier molecular flexibility index (Phi) is 2.76. The summed E-state index contributed by atoms with van der Waals surface area (Å²) >= 11 is 1.68. The lowest BCUT2D eigenvalue weighted by Crippen LogP contribution is -2.13. The van der Waals surface area contributed by atoms with E-state index in [2.05, 4.69) is 6.92 Å².